The lowest BCUT2D eigenvalue weighted by molar-refractivity contribution is -0.141. The van der Waals surface area contributed by atoms with E-state index in [4.69, 9.17) is 33.8 Å². The number of guanidine groups is 2. The number of primary amides is 1. The molecule has 12 amide bonds. The van der Waals surface area contributed by atoms with Crippen LogP contribution in [0, 0.1) is 16.7 Å². The molecule has 113 heavy (non-hydrogen) atoms. The molecule has 0 bridgehead atoms. The smallest absolute Gasteiger partial charge is 0.305 e. The number of carboxylic acid groups (broad SMARTS) is 1. The van der Waals surface area contributed by atoms with Gasteiger partial charge >= 0.3 is 5.97 Å². The predicted octanol–water partition coefficient (Wildman–Crippen LogP) is -1.96. The summed E-state index contributed by atoms with van der Waals surface area (Å²) in [5.41, 5.74) is 25.2. The number of imidazole rings is 1. The largest absolute Gasteiger partial charge is 0.508 e. The molecule has 0 saturated carbocycles. The molecule has 0 aliphatic heterocycles. The summed E-state index contributed by atoms with van der Waals surface area (Å²) in [5.74, 6) is -13.8. The normalized spacial score (nSPS) is 13.6. The van der Waals surface area contributed by atoms with Crippen LogP contribution in [0.3, 0.4) is 0 Å². The SMILES string of the molecule is CCCC[C@H](NC(=O)[C@@H](NC(=O)[C@@H](N)Cc1ccc(O)cc1)C(C)C)C(=O)NCC(=O)N[C@@H](Cc1cnc[nH]1)C(=O)N[C@@H](Cc1ccccc1)C(=O)N[C@@H](CCCNC(=N)N)C(=O)N[C@@H](Cc1ccc2ccccc2c1)C(=O)N[C@@H](CC(=O)O)C(=O)N[C@@H](CCCNC(=N)N)C(=O)N[C@@H](Cc1ccccc1)C(=O)NCC(N)=O. The summed E-state index contributed by atoms with van der Waals surface area (Å²) in [6.45, 7) is 3.92. The van der Waals surface area contributed by atoms with Crippen LogP contribution in [0.1, 0.15) is 100 Å². The second kappa shape index (κ2) is 45.8. The van der Waals surface area contributed by atoms with Crippen molar-refractivity contribution in [2.24, 2.45) is 28.9 Å². The van der Waals surface area contributed by atoms with Crippen LogP contribution in [-0.2, 0) is 94.4 Å². The number of nitrogens with one attached hydrogen (secondary N) is 16. The Kier molecular flexibility index (Phi) is 36.1. The predicted molar refractivity (Wildman–Crippen MR) is 418 cm³/mol. The molecule has 0 saturated heterocycles. The van der Waals surface area contributed by atoms with Gasteiger partial charge in [-0.1, -0.05) is 149 Å². The monoisotopic (exact) mass is 1560 g/mol. The van der Waals surface area contributed by atoms with Gasteiger partial charge in [0.1, 0.15) is 60.1 Å². The average molecular weight is 1560 g/mol. The number of aromatic nitrogens is 2. The van der Waals surface area contributed by atoms with Crippen molar-refractivity contribution in [3.05, 3.63) is 168 Å². The van der Waals surface area contributed by atoms with Crippen LogP contribution >= 0.6 is 0 Å². The molecule has 5 aromatic carbocycles. The Hall–Kier alpha value is -13.0. The highest BCUT2D eigenvalue weighted by atomic mass is 16.4. The van der Waals surface area contributed by atoms with E-state index in [1.807, 2.05) is 19.1 Å². The Balaban J connectivity index is 1.26. The molecule has 10 atom stereocenters. The number of nitrogens with zero attached hydrogens (tertiary/aromatic N) is 1. The van der Waals surface area contributed by atoms with Crippen LogP contribution in [0.25, 0.3) is 10.8 Å². The molecular formula is C77H103N21O15. The number of unbranched alkanes of at least 4 members (excludes halogenated alkanes) is 1. The van der Waals surface area contributed by atoms with Crippen molar-refractivity contribution in [3.63, 3.8) is 0 Å². The van der Waals surface area contributed by atoms with E-state index in [0.29, 0.717) is 46.2 Å². The molecule has 0 fully saturated rings. The number of nitrogens with two attached hydrogens (primary N) is 4. The van der Waals surface area contributed by atoms with Gasteiger partial charge in [0.05, 0.1) is 31.9 Å². The topological polar surface area (TPSA) is 599 Å². The summed E-state index contributed by atoms with van der Waals surface area (Å²) in [6, 6.07) is 20.7. The first-order chi connectivity index (χ1) is 53.9. The highest BCUT2D eigenvalue weighted by Crippen LogP contribution is 2.19. The number of H-pyrrole nitrogens is 1. The number of aromatic hydroxyl groups is 1. The average Bonchev–Trinajstić information content (AvgIpc) is 1.07. The van der Waals surface area contributed by atoms with Crippen molar-refractivity contribution < 1.29 is 72.5 Å². The molecule has 0 aliphatic rings. The zero-order chi connectivity index (χ0) is 82.5. The molecule has 606 valence electrons. The third kappa shape index (κ3) is 31.5. The number of carbonyl (C=O) groups excluding carboxylic acids is 12. The standard InChI is InChI=1S/C77H103N21O15/c1-4-5-22-54(93-75(113)65(44(2)3)98-66(104)53(78)34-47-26-29-52(99)30-27-47)67(105)88-42-63(101)90-60(38-51-40-84-43-89-51)73(111)96-58(36-46-18-10-7-11-19-46)71(109)91-56(24-15-32-86-77(82)83)70(108)95-59(37-48-25-28-49-20-12-13-21-50(49)33-48)72(110)97-61(39-64(102)103)74(112)92-55(23-14-31-85-76(80)81)69(107)94-57(68(106)87-41-62(79)100)35-45-16-8-6-9-17-45/h6-13,16-21,25-30,33,40,43-44,53-61,65,99H,4-5,14-15,22-24,31-32,34-39,41-42,78H2,1-3H3,(H2,79,100)(H,84,89)(H,87,106)(H,88,105)(H,90,101)(H,91,109)(H,92,112)(H,93,113)(H,94,107)(H,95,108)(H,96,111)(H,97,110)(H,98,104)(H,102,103)(H4,80,81,85)(H4,82,83,86)/t53-,54-,55-,56-,57-,58-,59-,60-,61-,65-/m0/s1. The van der Waals surface area contributed by atoms with Gasteiger partial charge in [-0.15, -0.1) is 0 Å². The van der Waals surface area contributed by atoms with Crippen molar-refractivity contribution in [2.75, 3.05) is 26.2 Å². The number of carbonyl (C=O) groups is 13. The second-order valence-corrected chi connectivity index (χ2v) is 27.4. The minimum absolute atomic E-state index is 0.00311. The van der Waals surface area contributed by atoms with Crippen LogP contribution < -0.4 is 92.1 Å². The quantitative estimate of drug-likeness (QED) is 0.0112. The fourth-order valence-corrected chi connectivity index (χ4v) is 11.9. The Morgan fingerprint density at radius 1 is 0.442 bits per heavy atom. The van der Waals surface area contributed by atoms with Crippen LogP contribution in [0.4, 0.5) is 0 Å². The van der Waals surface area contributed by atoms with Gasteiger partial charge in [-0.05, 0) is 89.6 Å². The molecule has 1 aromatic heterocycles. The number of hydrogen-bond donors (Lipinski definition) is 22. The Labute approximate surface area is 652 Å². The molecule has 0 unspecified atom stereocenters. The van der Waals surface area contributed by atoms with Crippen LogP contribution in [0.5, 0.6) is 5.75 Å². The van der Waals surface area contributed by atoms with E-state index in [2.05, 4.69) is 79.1 Å². The Morgan fingerprint density at radius 3 is 1.37 bits per heavy atom. The second-order valence-electron chi connectivity index (χ2n) is 27.4. The molecule has 36 nitrogen and oxygen atoms in total. The molecule has 6 aromatic rings. The van der Waals surface area contributed by atoms with Crippen LogP contribution in [-0.4, -0.2) is 196 Å². The van der Waals surface area contributed by atoms with Gasteiger partial charge in [-0.3, -0.25) is 73.1 Å². The van der Waals surface area contributed by atoms with Crippen molar-refractivity contribution in [1.82, 2.24) is 79.1 Å². The summed E-state index contributed by atoms with van der Waals surface area (Å²) in [7, 11) is 0. The van der Waals surface area contributed by atoms with Gasteiger partial charge in [0.25, 0.3) is 0 Å². The number of carboxylic acids is 1. The number of phenolic OH excluding ortho intramolecular Hbond substituents is 1. The molecule has 1 heterocycles. The number of aliphatic carboxylic acids is 1. The van der Waals surface area contributed by atoms with Gasteiger partial charge in [0.15, 0.2) is 11.9 Å². The third-order valence-electron chi connectivity index (χ3n) is 17.9. The van der Waals surface area contributed by atoms with Gasteiger partial charge in [0, 0.05) is 50.7 Å². The van der Waals surface area contributed by atoms with E-state index in [0.717, 1.165) is 5.39 Å². The summed E-state index contributed by atoms with van der Waals surface area (Å²) >= 11 is 0. The highest BCUT2D eigenvalue weighted by molar-refractivity contribution is 6.00. The van der Waals surface area contributed by atoms with E-state index in [9.17, 15) is 58.2 Å². The van der Waals surface area contributed by atoms with Gasteiger partial charge in [-0.25, -0.2) is 4.98 Å². The number of amides is 12. The molecular weight excluding hydrogens is 1460 g/mol. The summed E-state index contributed by atoms with van der Waals surface area (Å²) in [4.78, 5) is 189. The van der Waals surface area contributed by atoms with E-state index in [1.54, 1.807) is 117 Å². The first-order valence-electron chi connectivity index (χ1n) is 36.9. The summed E-state index contributed by atoms with van der Waals surface area (Å²) < 4.78 is 0. The lowest BCUT2D eigenvalue weighted by atomic mass is 9.99. The zero-order valence-electron chi connectivity index (χ0n) is 63.1. The maximum Gasteiger partial charge on any atom is 0.305 e. The minimum atomic E-state index is -1.98. The third-order valence-corrected chi connectivity index (χ3v) is 17.9. The lowest BCUT2D eigenvalue weighted by Crippen LogP contribution is -2.61. The maximum absolute atomic E-state index is 15.2. The van der Waals surface area contributed by atoms with Crippen molar-refractivity contribution in [2.45, 2.75) is 165 Å². The van der Waals surface area contributed by atoms with Crippen LogP contribution in [0.15, 0.2) is 140 Å². The fraction of sp³-hybridized carbons (Fsp3) is 0.403. The van der Waals surface area contributed by atoms with Crippen molar-refractivity contribution in [3.8, 4) is 5.75 Å². The molecule has 0 aliphatic carbocycles. The summed E-state index contributed by atoms with van der Waals surface area (Å²) in [5, 5.41) is 70.7. The van der Waals surface area contributed by atoms with Crippen LogP contribution in [0.2, 0.25) is 0 Å². The first-order valence-corrected chi connectivity index (χ1v) is 36.9. The van der Waals surface area contributed by atoms with E-state index < -0.39 is 175 Å². The molecule has 36 heteroatoms. The number of hydrogen-bond acceptors (Lipinski definition) is 18. The van der Waals surface area contributed by atoms with E-state index in [-0.39, 0.29) is 83.0 Å². The van der Waals surface area contributed by atoms with Gasteiger partial charge in [0.2, 0.25) is 70.9 Å². The number of benzene rings is 5. The van der Waals surface area contributed by atoms with Crippen molar-refractivity contribution >= 4 is 99.5 Å². The highest BCUT2D eigenvalue weighted by Gasteiger charge is 2.37. The van der Waals surface area contributed by atoms with Crippen molar-refractivity contribution in [1.29, 1.82) is 10.8 Å². The molecule has 0 radical (unpaired) electrons. The summed E-state index contributed by atoms with van der Waals surface area (Å²) in [6.07, 6.45) is 1.60. The maximum atomic E-state index is 15.2. The lowest BCUT2D eigenvalue weighted by Gasteiger charge is -2.28. The van der Waals surface area contributed by atoms with E-state index in [1.165, 1.54) is 24.7 Å². The van der Waals surface area contributed by atoms with Gasteiger partial charge in [-0.2, -0.15) is 0 Å². The number of aromatic amines is 1. The Bertz CT molecular complexity index is 4230. The number of phenols is 1. The first kappa shape index (κ1) is 88.9. The molecule has 0 spiro atoms. The van der Waals surface area contributed by atoms with Gasteiger partial charge < -0.3 is 107 Å². The minimum Gasteiger partial charge on any atom is -0.508 e. The van der Waals surface area contributed by atoms with E-state index >= 15 is 14.4 Å². The number of fused-ring (bicyclic) bond motifs is 1. The molecule has 26 N–H and O–H groups in total. The molecule has 6 rings (SSSR count). The zero-order valence-corrected chi connectivity index (χ0v) is 63.1. The Morgan fingerprint density at radius 2 is 0.867 bits per heavy atom. The fourth-order valence-electron chi connectivity index (χ4n) is 11.9. The number of rotatable bonds is 47.